The lowest BCUT2D eigenvalue weighted by atomic mass is 9.89. The Morgan fingerprint density at radius 2 is 0.919 bits per heavy atom. The fourth-order valence-electron chi connectivity index (χ4n) is 4.59. The first-order valence-corrected chi connectivity index (χ1v) is 12.8. The smallest absolute Gasteiger partial charge is 0.0171 e. The summed E-state index contributed by atoms with van der Waals surface area (Å²) in [6.45, 7) is 10.1. The molecule has 0 spiro atoms. The van der Waals surface area contributed by atoms with E-state index in [1.807, 2.05) is 12.2 Å². The second-order valence-electron chi connectivity index (χ2n) is 8.91. The van der Waals surface area contributed by atoms with Crippen molar-refractivity contribution in [3.8, 4) is 33.4 Å². The third kappa shape index (κ3) is 6.23. The molecule has 182 valence electrons. The van der Waals surface area contributed by atoms with Crippen molar-refractivity contribution in [2.24, 2.45) is 0 Å². The number of rotatable bonds is 8. The second kappa shape index (κ2) is 12.5. The molecule has 0 fully saturated rings. The highest BCUT2D eigenvalue weighted by molar-refractivity contribution is 5.87. The molecule has 4 aromatic rings. The Labute approximate surface area is 222 Å². The van der Waals surface area contributed by atoms with Gasteiger partial charge in [-0.3, -0.25) is 0 Å². The van der Waals surface area contributed by atoms with Gasteiger partial charge in [0.2, 0.25) is 0 Å². The Bertz CT molecular complexity index is 1480. The lowest BCUT2D eigenvalue weighted by Gasteiger charge is -2.15. The Morgan fingerprint density at radius 1 is 0.514 bits per heavy atom. The summed E-state index contributed by atoms with van der Waals surface area (Å²) < 4.78 is 0. The van der Waals surface area contributed by atoms with Crippen LogP contribution in [0.5, 0.6) is 0 Å². The standard InChI is InChI=1S/C37H34/c1-5-9-17-29(8-4)33-23-35(31-20-14-11-15-21-31)27-37(25-33)36-24-32(28(7-3)16-6-2)22-34(26-36)30-18-12-10-13-19-30/h5-27H,1H2,2-4H3/b16-6-,17-9-,28-7+,29-8+. The summed E-state index contributed by atoms with van der Waals surface area (Å²) in [5.74, 6) is 0. The van der Waals surface area contributed by atoms with Gasteiger partial charge in [-0.2, -0.15) is 0 Å². The van der Waals surface area contributed by atoms with E-state index in [-0.39, 0.29) is 0 Å². The van der Waals surface area contributed by atoms with E-state index in [4.69, 9.17) is 0 Å². The Morgan fingerprint density at radius 3 is 1.30 bits per heavy atom. The van der Waals surface area contributed by atoms with Crippen molar-refractivity contribution in [1.29, 1.82) is 0 Å². The summed E-state index contributed by atoms with van der Waals surface area (Å²) in [4.78, 5) is 0. The van der Waals surface area contributed by atoms with E-state index in [0.29, 0.717) is 0 Å². The lowest BCUT2D eigenvalue weighted by Crippen LogP contribution is -1.91. The van der Waals surface area contributed by atoms with Crippen LogP contribution in [0.15, 0.2) is 146 Å². The molecule has 4 aromatic carbocycles. The van der Waals surface area contributed by atoms with Crippen LogP contribution in [-0.4, -0.2) is 0 Å². The molecule has 0 nitrogen and oxygen atoms in total. The van der Waals surface area contributed by atoms with Crippen LogP contribution >= 0.6 is 0 Å². The highest BCUT2D eigenvalue weighted by atomic mass is 14.2. The zero-order valence-corrected chi connectivity index (χ0v) is 22.0. The molecule has 0 aliphatic heterocycles. The van der Waals surface area contributed by atoms with Crippen molar-refractivity contribution >= 4 is 11.1 Å². The minimum atomic E-state index is 1.17. The van der Waals surface area contributed by atoms with Crippen LogP contribution in [0.4, 0.5) is 0 Å². The van der Waals surface area contributed by atoms with Gasteiger partial charge >= 0.3 is 0 Å². The fourth-order valence-corrected chi connectivity index (χ4v) is 4.59. The van der Waals surface area contributed by atoms with Crippen LogP contribution in [-0.2, 0) is 0 Å². The van der Waals surface area contributed by atoms with Crippen LogP contribution in [0, 0.1) is 0 Å². The molecule has 0 amide bonds. The van der Waals surface area contributed by atoms with Crippen LogP contribution in [0.25, 0.3) is 44.5 Å². The molecule has 0 heteroatoms. The Balaban J connectivity index is 1.99. The predicted molar refractivity (Wildman–Crippen MR) is 164 cm³/mol. The van der Waals surface area contributed by atoms with Crippen molar-refractivity contribution in [2.45, 2.75) is 20.8 Å². The minimum Gasteiger partial charge on any atom is -0.0991 e. The molecular formula is C37H34. The Hall–Kier alpha value is -4.42. The molecule has 37 heavy (non-hydrogen) atoms. The third-order valence-corrected chi connectivity index (χ3v) is 6.46. The summed E-state index contributed by atoms with van der Waals surface area (Å²) in [7, 11) is 0. The van der Waals surface area contributed by atoms with Gasteiger partial charge in [-0.15, -0.1) is 0 Å². The van der Waals surface area contributed by atoms with Gasteiger partial charge in [0.15, 0.2) is 0 Å². The Kier molecular flexibility index (Phi) is 8.68. The van der Waals surface area contributed by atoms with E-state index in [1.165, 1.54) is 55.7 Å². The summed E-state index contributed by atoms with van der Waals surface area (Å²) in [5, 5.41) is 0. The molecule has 0 radical (unpaired) electrons. The van der Waals surface area contributed by atoms with Gasteiger partial charge < -0.3 is 0 Å². The van der Waals surface area contributed by atoms with Gasteiger partial charge in [-0.25, -0.2) is 0 Å². The minimum absolute atomic E-state index is 1.17. The quantitative estimate of drug-likeness (QED) is 0.221. The van der Waals surface area contributed by atoms with Crippen LogP contribution in [0.2, 0.25) is 0 Å². The predicted octanol–water partition coefficient (Wildman–Crippen LogP) is 10.8. The molecule has 4 rings (SSSR count). The first-order chi connectivity index (χ1) is 18.2. The van der Waals surface area contributed by atoms with E-state index in [2.05, 4.69) is 155 Å². The van der Waals surface area contributed by atoms with Gasteiger partial charge in [-0.1, -0.05) is 110 Å². The summed E-state index contributed by atoms with van der Waals surface area (Å²) >= 11 is 0. The van der Waals surface area contributed by atoms with Gasteiger partial charge in [-0.05, 0) is 113 Å². The number of benzene rings is 4. The zero-order valence-electron chi connectivity index (χ0n) is 22.0. The monoisotopic (exact) mass is 478 g/mol. The SMILES string of the molecule is C=C/C=C\C(=C/C)c1cc(-c2ccccc2)cc(-c2cc(C(/C=C\C)=C/C)cc(-c3ccccc3)c2)c1. The third-order valence-electron chi connectivity index (χ3n) is 6.46. The molecule has 0 unspecified atom stereocenters. The molecule has 0 saturated heterocycles. The first kappa shape index (κ1) is 25.7. The van der Waals surface area contributed by atoms with E-state index >= 15 is 0 Å². The number of hydrogen-bond acceptors (Lipinski definition) is 0. The maximum absolute atomic E-state index is 3.85. The van der Waals surface area contributed by atoms with Gasteiger partial charge in [0.05, 0.1) is 0 Å². The van der Waals surface area contributed by atoms with Crippen molar-refractivity contribution in [3.05, 3.63) is 157 Å². The molecule has 0 aromatic heterocycles. The molecule has 0 N–H and O–H groups in total. The van der Waals surface area contributed by atoms with Crippen LogP contribution < -0.4 is 0 Å². The zero-order chi connectivity index (χ0) is 26.0. The molecule has 0 atom stereocenters. The number of allylic oxidation sites excluding steroid dienone is 9. The molecule has 0 saturated carbocycles. The largest absolute Gasteiger partial charge is 0.0991 e. The normalized spacial score (nSPS) is 12.4. The number of hydrogen-bond donors (Lipinski definition) is 0. The highest BCUT2D eigenvalue weighted by Crippen LogP contribution is 2.35. The molecule has 0 heterocycles. The molecule has 0 bridgehead atoms. The van der Waals surface area contributed by atoms with Crippen molar-refractivity contribution in [2.75, 3.05) is 0 Å². The van der Waals surface area contributed by atoms with Crippen molar-refractivity contribution < 1.29 is 0 Å². The fraction of sp³-hybridized carbons (Fsp3) is 0.0811. The maximum atomic E-state index is 3.85. The van der Waals surface area contributed by atoms with Crippen LogP contribution in [0.1, 0.15) is 31.9 Å². The second-order valence-corrected chi connectivity index (χ2v) is 8.91. The van der Waals surface area contributed by atoms with Crippen molar-refractivity contribution in [1.82, 2.24) is 0 Å². The van der Waals surface area contributed by atoms with E-state index in [9.17, 15) is 0 Å². The van der Waals surface area contributed by atoms with Gasteiger partial charge in [0.1, 0.15) is 0 Å². The summed E-state index contributed by atoms with van der Waals surface area (Å²) in [5.41, 5.74) is 12.0. The molecule has 0 aliphatic carbocycles. The van der Waals surface area contributed by atoms with E-state index < -0.39 is 0 Å². The van der Waals surface area contributed by atoms with Gasteiger partial charge in [0, 0.05) is 0 Å². The van der Waals surface area contributed by atoms with E-state index in [1.54, 1.807) is 0 Å². The molecular weight excluding hydrogens is 444 g/mol. The topological polar surface area (TPSA) is 0 Å². The molecule has 0 aliphatic rings. The average Bonchev–Trinajstić information content (AvgIpc) is 2.97. The van der Waals surface area contributed by atoms with E-state index in [0.717, 1.165) is 0 Å². The summed E-state index contributed by atoms with van der Waals surface area (Å²) in [6.07, 6.45) is 14.5. The summed E-state index contributed by atoms with van der Waals surface area (Å²) in [6, 6.07) is 35.0. The first-order valence-electron chi connectivity index (χ1n) is 12.8. The average molecular weight is 479 g/mol. The lowest BCUT2D eigenvalue weighted by molar-refractivity contribution is 1.52. The highest BCUT2D eigenvalue weighted by Gasteiger charge is 2.11. The van der Waals surface area contributed by atoms with Crippen LogP contribution in [0.3, 0.4) is 0 Å². The van der Waals surface area contributed by atoms with Crippen molar-refractivity contribution in [3.63, 3.8) is 0 Å². The van der Waals surface area contributed by atoms with Gasteiger partial charge in [0.25, 0.3) is 0 Å². The maximum Gasteiger partial charge on any atom is -0.0171 e.